The number of hydrogen-bond acceptors (Lipinski definition) is 2. The van der Waals surface area contributed by atoms with E-state index in [1.807, 2.05) is 6.20 Å². The maximum absolute atomic E-state index is 12.4. The molecular weight excluding hydrogens is 382 g/mol. The molecule has 2 fully saturated rings. The lowest BCUT2D eigenvalue weighted by Crippen LogP contribution is -2.30. The molecule has 31 heavy (non-hydrogen) atoms. The predicted molar refractivity (Wildman–Crippen MR) is 125 cm³/mol. The molecule has 0 bridgehead atoms. The van der Waals surface area contributed by atoms with Gasteiger partial charge in [-0.25, -0.2) is 4.98 Å². The lowest BCUT2D eigenvalue weighted by molar-refractivity contribution is -0.131. The number of carbonyl (C=O) groups is 1. The highest BCUT2D eigenvalue weighted by Crippen LogP contribution is 2.34. The predicted octanol–water partition coefficient (Wildman–Crippen LogP) is 5.40. The first-order valence-corrected chi connectivity index (χ1v) is 11.5. The van der Waals surface area contributed by atoms with Crippen molar-refractivity contribution in [2.24, 2.45) is 11.8 Å². The Bertz CT molecular complexity index is 1110. The number of imidazole rings is 1. The maximum atomic E-state index is 12.4. The van der Waals surface area contributed by atoms with E-state index in [0.29, 0.717) is 17.7 Å². The van der Waals surface area contributed by atoms with E-state index in [0.717, 1.165) is 50.3 Å². The van der Waals surface area contributed by atoms with Crippen LogP contribution in [0.15, 0.2) is 48.7 Å². The molecule has 0 spiro atoms. The van der Waals surface area contributed by atoms with Gasteiger partial charge in [-0.15, -0.1) is 0 Å². The average molecular weight is 414 g/mol. The Morgan fingerprint density at radius 2 is 1.74 bits per heavy atom. The number of rotatable bonds is 5. The fourth-order valence-electron chi connectivity index (χ4n) is 4.89. The third-order valence-corrected chi connectivity index (χ3v) is 6.86. The SMILES string of the molecule is Cc1ccc(-c2ccc(-c3ncc(C)n3CC3CCN(C(=O)C4CC4)C3)cc2)c(C)c1. The summed E-state index contributed by atoms with van der Waals surface area (Å²) in [5.41, 5.74) is 7.44. The summed E-state index contributed by atoms with van der Waals surface area (Å²) in [5, 5.41) is 0. The Kier molecular flexibility index (Phi) is 5.17. The third-order valence-electron chi connectivity index (χ3n) is 6.86. The third kappa shape index (κ3) is 4.04. The summed E-state index contributed by atoms with van der Waals surface area (Å²) in [4.78, 5) is 19.2. The van der Waals surface area contributed by atoms with Crippen LogP contribution in [0.2, 0.25) is 0 Å². The van der Waals surface area contributed by atoms with Crippen LogP contribution in [0.1, 0.15) is 36.1 Å². The van der Waals surface area contributed by atoms with E-state index in [1.165, 1.54) is 27.9 Å². The Labute approximate surface area is 184 Å². The number of aromatic nitrogens is 2. The first-order valence-electron chi connectivity index (χ1n) is 11.5. The molecule has 2 aliphatic rings. The van der Waals surface area contributed by atoms with E-state index in [-0.39, 0.29) is 0 Å². The molecule has 2 heterocycles. The quantitative estimate of drug-likeness (QED) is 0.562. The van der Waals surface area contributed by atoms with Crippen LogP contribution < -0.4 is 0 Å². The van der Waals surface area contributed by atoms with Gasteiger partial charge >= 0.3 is 0 Å². The molecule has 1 unspecified atom stereocenters. The van der Waals surface area contributed by atoms with Crippen LogP contribution in [0, 0.1) is 32.6 Å². The van der Waals surface area contributed by atoms with Crippen molar-refractivity contribution < 1.29 is 4.79 Å². The average Bonchev–Trinajstić information content (AvgIpc) is 3.41. The first-order chi connectivity index (χ1) is 15.0. The molecule has 1 atom stereocenters. The molecular formula is C27H31N3O. The van der Waals surface area contributed by atoms with Crippen molar-refractivity contribution in [3.05, 3.63) is 65.5 Å². The largest absolute Gasteiger partial charge is 0.342 e. The highest BCUT2D eigenvalue weighted by atomic mass is 16.2. The number of benzene rings is 2. The molecule has 1 saturated heterocycles. The molecule has 1 amide bonds. The standard InChI is InChI=1S/C27H31N3O/c1-18-4-11-25(19(2)14-18)22-5-7-23(8-6-22)26-28-15-20(3)30(26)17-21-12-13-29(16-21)27(31)24-9-10-24/h4-8,11,14-15,21,24H,9-10,12-13,16-17H2,1-3H3. The lowest BCUT2D eigenvalue weighted by Gasteiger charge is -2.18. The Morgan fingerprint density at radius 3 is 2.45 bits per heavy atom. The number of nitrogens with zero attached hydrogens (tertiary/aromatic N) is 3. The Balaban J connectivity index is 1.34. The number of carbonyl (C=O) groups excluding carboxylic acids is 1. The van der Waals surface area contributed by atoms with Crippen LogP contribution >= 0.6 is 0 Å². The van der Waals surface area contributed by atoms with E-state index in [2.05, 4.69) is 72.7 Å². The molecule has 4 nitrogen and oxygen atoms in total. The van der Waals surface area contributed by atoms with Crippen molar-refractivity contribution >= 4 is 5.91 Å². The molecule has 0 N–H and O–H groups in total. The normalized spacial score (nSPS) is 18.5. The zero-order valence-electron chi connectivity index (χ0n) is 18.8. The van der Waals surface area contributed by atoms with Crippen molar-refractivity contribution in [2.75, 3.05) is 13.1 Å². The molecule has 4 heteroatoms. The number of hydrogen-bond donors (Lipinski definition) is 0. The van der Waals surface area contributed by atoms with E-state index >= 15 is 0 Å². The minimum atomic E-state index is 0.319. The van der Waals surface area contributed by atoms with Crippen molar-refractivity contribution in [3.63, 3.8) is 0 Å². The molecule has 0 radical (unpaired) electrons. The van der Waals surface area contributed by atoms with Crippen LogP contribution in [-0.4, -0.2) is 33.4 Å². The summed E-state index contributed by atoms with van der Waals surface area (Å²) in [7, 11) is 0. The molecule has 1 aliphatic heterocycles. The van der Waals surface area contributed by atoms with Crippen LogP contribution in [0.4, 0.5) is 0 Å². The van der Waals surface area contributed by atoms with Crippen molar-refractivity contribution in [2.45, 2.75) is 46.6 Å². The van der Waals surface area contributed by atoms with Gasteiger partial charge in [0.1, 0.15) is 5.82 Å². The molecule has 5 rings (SSSR count). The molecule has 2 aromatic carbocycles. The highest BCUT2D eigenvalue weighted by Gasteiger charge is 2.36. The summed E-state index contributed by atoms with van der Waals surface area (Å²) >= 11 is 0. The van der Waals surface area contributed by atoms with Crippen LogP contribution in [0.3, 0.4) is 0 Å². The maximum Gasteiger partial charge on any atom is 0.225 e. The fourth-order valence-corrected chi connectivity index (χ4v) is 4.89. The van der Waals surface area contributed by atoms with Gasteiger partial charge in [-0.1, -0.05) is 48.0 Å². The van der Waals surface area contributed by atoms with Gasteiger partial charge in [0.2, 0.25) is 5.91 Å². The van der Waals surface area contributed by atoms with Gasteiger partial charge in [-0.3, -0.25) is 4.79 Å². The molecule has 3 aromatic rings. The fraction of sp³-hybridized carbons (Fsp3) is 0.407. The number of likely N-dealkylation sites (tertiary alicyclic amines) is 1. The Hall–Kier alpha value is -2.88. The molecule has 1 aromatic heterocycles. The van der Waals surface area contributed by atoms with Crippen molar-refractivity contribution in [3.8, 4) is 22.5 Å². The summed E-state index contributed by atoms with van der Waals surface area (Å²) in [6.07, 6.45) is 5.22. The van der Waals surface area contributed by atoms with E-state index in [1.54, 1.807) is 0 Å². The molecule has 1 aliphatic carbocycles. The number of aryl methyl sites for hydroxylation is 3. The lowest BCUT2D eigenvalue weighted by atomic mass is 9.98. The van der Waals surface area contributed by atoms with Crippen molar-refractivity contribution in [1.82, 2.24) is 14.5 Å². The second kappa shape index (κ2) is 7.99. The van der Waals surface area contributed by atoms with Gasteiger partial charge in [-0.05, 0) is 62.6 Å². The smallest absolute Gasteiger partial charge is 0.225 e. The van der Waals surface area contributed by atoms with Gasteiger partial charge in [0.05, 0.1) is 0 Å². The van der Waals surface area contributed by atoms with Gasteiger partial charge in [-0.2, -0.15) is 0 Å². The zero-order chi connectivity index (χ0) is 21.5. The minimum Gasteiger partial charge on any atom is -0.342 e. The van der Waals surface area contributed by atoms with E-state index < -0.39 is 0 Å². The Morgan fingerprint density at radius 1 is 1.00 bits per heavy atom. The summed E-state index contributed by atoms with van der Waals surface area (Å²) < 4.78 is 2.34. The second-order valence-corrected chi connectivity index (χ2v) is 9.44. The molecule has 1 saturated carbocycles. The van der Waals surface area contributed by atoms with Gasteiger partial charge < -0.3 is 9.47 Å². The topological polar surface area (TPSA) is 38.1 Å². The minimum absolute atomic E-state index is 0.319. The summed E-state index contributed by atoms with van der Waals surface area (Å²) in [6.45, 7) is 9.15. The van der Waals surface area contributed by atoms with Gasteiger partial charge in [0.15, 0.2) is 0 Å². The molecule has 160 valence electrons. The highest BCUT2D eigenvalue weighted by molar-refractivity contribution is 5.81. The van der Waals surface area contributed by atoms with Gasteiger partial charge in [0.25, 0.3) is 0 Å². The van der Waals surface area contributed by atoms with Crippen LogP contribution in [0.25, 0.3) is 22.5 Å². The van der Waals surface area contributed by atoms with E-state index in [4.69, 9.17) is 4.98 Å². The number of amides is 1. The van der Waals surface area contributed by atoms with Gasteiger partial charge in [0, 0.05) is 43.0 Å². The first kappa shape index (κ1) is 20.0. The second-order valence-electron chi connectivity index (χ2n) is 9.44. The monoisotopic (exact) mass is 413 g/mol. The zero-order valence-corrected chi connectivity index (χ0v) is 18.8. The van der Waals surface area contributed by atoms with Crippen LogP contribution in [-0.2, 0) is 11.3 Å². The van der Waals surface area contributed by atoms with Crippen LogP contribution in [0.5, 0.6) is 0 Å². The van der Waals surface area contributed by atoms with Crippen molar-refractivity contribution in [1.29, 1.82) is 0 Å². The summed E-state index contributed by atoms with van der Waals surface area (Å²) in [5.74, 6) is 2.23. The summed E-state index contributed by atoms with van der Waals surface area (Å²) in [6, 6.07) is 15.4. The van der Waals surface area contributed by atoms with E-state index in [9.17, 15) is 4.79 Å².